The minimum Gasteiger partial charge on any atom is -0.466 e. The molecule has 1 heterocycles. The molecule has 0 radical (unpaired) electrons. The van der Waals surface area contributed by atoms with Crippen LogP contribution in [0.2, 0.25) is 0 Å². The van der Waals surface area contributed by atoms with Gasteiger partial charge in [0.15, 0.2) is 0 Å². The van der Waals surface area contributed by atoms with Crippen molar-refractivity contribution in [3.05, 3.63) is 0 Å². The monoisotopic (exact) mass is 226 g/mol. The second-order valence-electron chi connectivity index (χ2n) is 5.35. The molecule has 0 N–H and O–H groups in total. The fourth-order valence-electron chi connectivity index (χ4n) is 2.85. The normalized spacial score (nSPS) is 38.1. The van der Waals surface area contributed by atoms with E-state index in [4.69, 9.17) is 9.47 Å². The van der Waals surface area contributed by atoms with E-state index in [9.17, 15) is 4.79 Å². The zero-order chi connectivity index (χ0) is 11.6. The Morgan fingerprint density at radius 3 is 2.56 bits per heavy atom. The Labute approximate surface area is 97.5 Å². The molecule has 3 nitrogen and oxygen atoms in total. The number of carbonyl (C=O) groups excluding carboxylic acids is 1. The molecule has 92 valence electrons. The first-order chi connectivity index (χ1) is 7.66. The average molecular weight is 226 g/mol. The van der Waals surface area contributed by atoms with Gasteiger partial charge >= 0.3 is 5.97 Å². The predicted molar refractivity (Wildman–Crippen MR) is 61.1 cm³/mol. The third-order valence-electron chi connectivity index (χ3n) is 4.09. The van der Waals surface area contributed by atoms with Gasteiger partial charge in [-0.15, -0.1) is 0 Å². The van der Waals surface area contributed by atoms with Gasteiger partial charge in [0.05, 0.1) is 25.7 Å². The molecule has 0 aromatic carbocycles. The second kappa shape index (κ2) is 4.74. The van der Waals surface area contributed by atoms with Crippen LogP contribution in [0.5, 0.6) is 0 Å². The lowest BCUT2D eigenvalue weighted by molar-refractivity contribution is -0.147. The van der Waals surface area contributed by atoms with Gasteiger partial charge in [-0.1, -0.05) is 19.8 Å². The number of epoxide rings is 1. The van der Waals surface area contributed by atoms with E-state index in [1.54, 1.807) is 0 Å². The number of carbonyl (C=O) groups is 1. The summed E-state index contributed by atoms with van der Waals surface area (Å²) in [6.45, 7) is 5.48. The summed E-state index contributed by atoms with van der Waals surface area (Å²) in [7, 11) is 0. The van der Waals surface area contributed by atoms with Gasteiger partial charge in [-0.25, -0.2) is 0 Å². The summed E-state index contributed by atoms with van der Waals surface area (Å²) in [5.41, 5.74) is 0.0960. The van der Waals surface area contributed by atoms with E-state index in [1.165, 1.54) is 12.8 Å². The van der Waals surface area contributed by atoms with Crippen molar-refractivity contribution in [1.29, 1.82) is 0 Å². The molecule has 0 amide bonds. The maximum atomic E-state index is 11.7. The van der Waals surface area contributed by atoms with Crippen LogP contribution in [0.25, 0.3) is 0 Å². The van der Waals surface area contributed by atoms with E-state index in [2.05, 4.69) is 6.92 Å². The van der Waals surface area contributed by atoms with Gasteiger partial charge < -0.3 is 9.47 Å². The summed E-state index contributed by atoms with van der Waals surface area (Å²) in [5, 5.41) is 0. The van der Waals surface area contributed by atoms with Gasteiger partial charge in [0.25, 0.3) is 0 Å². The maximum Gasteiger partial charge on any atom is 0.306 e. The number of esters is 1. The molecule has 0 spiro atoms. The van der Waals surface area contributed by atoms with Crippen molar-refractivity contribution >= 4 is 5.97 Å². The quantitative estimate of drug-likeness (QED) is 0.546. The average Bonchev–Trinajstić information content (AvgIpc) is 3.06. The summed E-state index contributed by atoms with van der Waals surface area (Å²) in [6.07, 6.45) is 5.57. The SMILES string of the molecule is CCOC(=O)CC1(C2CO2)CCC(C)CC1. The first kappa shape index (κ1) is 11.9. The third kappa shape index (κ3) is 2.57. The topological polar surface area (TPSA) is 38.8 Å². The van der Waals surface area contributed by atoms with Crippen molar-refractivity contribution in [2.75, 3.05) is 13.2 Å². The van der Waals surface area contributed by atoms with Crippen LogP contribution in [0, 0.1) is 11.3 Å². The highest BCUT2D eigenvalue weighted by molar-refractivity contribution is 5.70. The van der Waals surface area contributed by atoms with Crippen LogP contribution in [0.1, 0.15) is 46.0 Å². The van der Waals surface area contributed by atoms with Gasteiger partial charge in [0.1, 0.15) is 0 Å². The fourth-order valence-corrected chi connectivity index (χ4v) is 2.85. The standard InChI is InChI=1S/C13H22O3/c1-3-15-12(14)8-13(11-9-16-11)6-4-10(2)5-7-13/h10-11H,3-9H2,1-2H3. The summed E-state index contributed by atoms with van der Waals surface area (Å²) in [6, 6.07) is 0. The number of hydrogen-bond donors (Lipinski definition) is 0. The molecule has 0 aromatic rings. The third-order valence-corrected chi connectivity index (χ3v) is 4.09. The summed E-state index contributed by atoms with van der Waals surface area (Å²) >= 11 is 0. The van der Waals surface area contributed by atoms with Crippen LogP contribution in [0.3, 0.4) is 0 Å². The summed E-state index contributed by atoms with van der Waals surface area (Å²) in [5.74, 6) is 0.752. The van der Waals surface area contributed by atoms with Crippen LogP contribution in [-0.4, -0.2) is 25.3 Å². The Morgan fingerprint density at radius 2 is 2.06 bits per heavy atom. The Balaban J connectivity index is 1.96. The smallest absolute Gasteiger partial charge is 0.306 e. The minimum absolute atomic E-state index is 0.0486. The van der Waals surface area contributed by atoms with E-state index >= 15 is 0 Å². The predicted octanol–water partition coefficient (Wildman–Crippen LogP) is 2.53. The second-order valence-corrected chi connectivity index (χ2v) is 5.35. The molecule has 2 rings (SSSR count). The summed E-state index contributed by atoms with van der Waals surface area (Å²) < 4.78 is 10.5. The van der Waals surface area contributed by atoms with Crippen molar-refractivity contribution in [2.24, 2.45) is 11.3 Å². The molecule has 3 heteroatoms. The van der Waals surface area contributed by atoms with Gasteiger partial charge in [-0.05, 0) is 25.7 Å². The lowest BCUT2D eigenvalue weighted by atomic mass is 9.67. The van der Waals surface area contributed by atoms with Gasteiger partial charge in [-0.3, -0.25) is 4.79 Å². The van der Waals surface area contributed by atoms with Crippen LogP contribution in [0.15, 0.2) is 0 Å². The molecular weight excluding hydrogens is 204 g/mol. The molecule has 2 fully saturated rings. The lowest BCUT2D eigenvalue weighted by Crippen LogP contribution is -2.35. The first-order valence-electron chi connectivity index (χ1n) is 6.43. The van der Waals surface area contributed by atoms with Crippen LogP contribution < -0.4 is 0 Å². The van der Waals surface area contributed by atoms with E-state index in [0.717, 1.165) is 25.4 Å². The highest BCUT2D eigenvalue weighted by Crippen LogP contribution is 2.49. The van der Waals surface area contributed by atoms with E-state index in [1.807, 2.05) is 6.92 Å². The van der Waals surface area contributed by atoms with Gasteiger partial charge in [0, 0.05) is 5.41 Å². The lowest BCUT2D eigenvalue weighted by Gasteiger charge is -2.37. The Morgan fingerprint density at radius 1 is 1.44 bits per heavy atom. The highest BCUT2D eigenvalue weighted by atomic mass is 16.6. The van der Waals surface area contributed by atoms with E-state index in [0.29, 0.717) is 19.1 Å². The summed E-state index contributed by atoms with van der Waals surface area (Å²) in [4.78, 5) is 11.7. The molecule has 1 aliphatic carbocycles. The van der Waals surface area contributed by atoms with Gasteiger partial charge in [-0.2, -0.15) is 0 Å². The molecule has 1 saturated carbocycles. The Kier molecular flexibility index (Phi) is 3.53. The fraction of sp³-hybridized carbons (Fsp3) is 0.923. The van der Waals surface area contributed by atoms with E-state index in [-0.39, 0.29) is 11.4 Å². The largest absolute Gasteiger partial charge is 0.466 e. The van der Waals surface area contributed by atoms with Crippen LogP contribution in [-0.2, 0) is 14.3 Å². The molecule has 0 bridgehead atoms. The maximum absolute atomic E-state index is 11.7. The van der Waals surface area contributed by atoms with Gasteiger partial charge in [0.2, 0.25) is 0 Å². The van der Waals surface area contributed by atoms with Crippen LogP contribution >= 0.6 is 0 Å². The number of ether oxygens (including phenoxy) is 2. The molecule has 0 aromatic heterocycles. The van der Waals surface area contributed by atoms with E-state index < -0.39 is 0 Å². The van der Waals surface area contributed by atoms with Crippen molar-refractivity contribution in [3.63, 3.8) is 0 Å². The Hall–Kier alpha value is -0.570. The van der Waals surface area contributed by atoms with Crippen molar-refractivity contribution < 1.29 is 14.3 Å². The van der Waals surface area contributed by atoms with Crippen molar-refractivity contribution in [1.82, 2.24) is 0 Å². The molecule has 16 heavy (non-hydrogen) atoms. The van der Waals surface area contributed by atoms with Crippen LogP contribution in [0.4, 0.5) is 0 Å². The van der Waals surface area contributed by atoms with Crippen molar-refractivity contribution in [3.8, 4) is 0 Å². The molecule has 1 saturated heterocycles. The molecule has 1 atom stereocenters. The number of rotatable bonds is 4. The molecular formula is C13H22O3. The molecule has 1 unspecified atom stereocenters. The zero-order valence-corrected chi connectivity index (χ0v) is 10.3. The molecule has 1 aliphatic heterocycles. The minimum atomic E-state index is -0.0486. The zero-order valence-electron chi connectivity index (χ0n) is 10.3. The number of hydrogen-bond acceptors (Lipinski definition) is 3. The van der Waals surface area contributed by atoms with Crippen molar-refractivity contribution in [2.45, 2.75) is 52.1 Å². The highest BCUT2D eigenvalue weighted by Gasteiger charge is 2.49. The first-order valence-corrected chi connectivity index (χ1v) is 6.43. The molecule has 2 aliphatic rings. The Bertz CT molecular complexity index is 250.